The molecule has 2 aromatic rings. The Hall–Kier alpha value is -2.96. The lowest BCUT2D eigenvalue weighted by Gasteiger charge is -2.30. The van der Waals surface area contributed by atoms with Gasteiger partial charge in [0.05, 0.1) is 5.56 Å². The summed E-state index contributed by atoms with van der Waals surface area (Å²) in [6, 6.07) is 11.2. The van der Waals surface area contributed by atoms with Gasteiger partial charge in [0.1, 0.15) is 5.75 Å². The van der Waals surface area contributed by atoms with Gasteiger partial charge in [-0.15, -0.1) is 0 Å². The second kappa shape index (κ2) is 8.16. The zero-order valence-corrected chi connectivity index (χ0v) is 14.5. The van der Waals surface area contributed by atoms with Crippen LogP contribution in [-0.4, -0.2) is 30.1 Å². The molecule has 1 aliphatic heterocycles. The van der Waals surface area contributed by atoms with E-state index in [1.54, 1.807) is 35.2 Å². The number of halogens is 2. The highest BCUT2D eigenvalue weighted by molar-refractivity contribution is 5.95. The molecule has 1 heterocycles. The van der Waals surface area contributed by atoms with Crippen molar-refractivity contribution in [1.29, 1.82) is 0 Å². The van der Waals surface area contributed by atoms with Crippen LogP contribution in [0.4, 0.5) is 14.5 Å². The van der Waals surface area contributed by atoms with Crippen LogP contribution in [0.5, 0.6) is 5.75 Å². The molecule has 0 unspecified atom stereocenters. The van der Waals surface area contributed by atoms with E-state index in [0.29, 0.717) is 30.6 Å². The predicted octanol–water partition coefficient (Wildman–Crippen LogP) is 3.90. The molecule has 0 radical (unpaired) electrons. The van der Waals surface area contributed by atoms with Crippen LogP contribution in [0.15, 0.2) is 42.5 Å². The fourth-order valence-electron chi connectivity index (χ4n) is 3.33. The molecule has 27 heavy (non-hydrogen) atoms. The van der Waals surface area contributed by atoms with Gasteiger partial charge in [-0.3, -0.25) is 4.79 Å². The van der Waals surface area contributed by atoms with Gasteiger partial charge < -0.3 is 14.7 Å². The molecular formula is C20H19F2NO4. The topological polar surface area (TPSA) is 66.8 Å². The number of carboxylic acids is 1. The summed E-state index contributed by atoms with van der Waals surface area (Å²) < 4.78 is 29.2. The molecule has 1 N–H and O–H groups in total. The first-order chi connectivity index (χ1) is 13.0. The van der Waals surface area contributed by atoms with Gasteiger partial charge in [-0.25, -0.2) is 4.79 Å². The van der Waals surface area contributed by atoms with Crippen molar-refractivity contribution in [2.24, 2.45) is 0 Å². The van der Waals surface area contributed by atoms with Crippen molar-refractivity contribution in [3.05, 3.63) is 59.2 Å². The molecule has 0 fully saturated rings. The van der Waals surface area contributed by atoms with Gasteiger partial charge in [0.15, 0.2) is 0 Å². The van der Waals surface area contributed by atoms with Crippen molar-refractivity contribution in [3.63, 3.8) is 0 Å². The smallest absolute Gasteiger partial charge is 0.387 e. The SMILES string of the molecule is O=C(O)c1ccccc1CCC(=O)N1CCCc2cc(OC(F)F)ccc21. The van der Waals surface area contributed by atoms with E-state index >= 15 is 0 Å². The summed E-state index contributed by atoms with van der Waals surface area (Å²) in [5.41, 5.74) is 2.28. The number of rotatable bonds is 6. The van der Waals surface area contributed by atoms with E-state index in [1.165, 1.54) is 12.1 Å². The number of benzene rings is 2. The maximum atomic E-state index is 12.7. The standard InChI is InChI=1S/C20H19F2NO4/c21-20(22)27-15-8-9-17-14(12-15)5-3-11-23(17)18(24)10-7-13-4-1-2-6-16(13)19(25)26/h1-2,4,6,8-9,12,20H,3,5,7,10-11H2,(H,25,26). The van der Waals surface area contributed by atoms with E-state index in [0.717, 1.165) is 12.0 Å². The molecule has 0 bridgehead atoms. The van der Waals surface area contributed by atoms with E-state index in [4.69, 9.17) is 0 Å². The number of anilines is 1. The van der Waals surface area contributed by atoms with Gasteiger partial charge in [0.2, 0.25) is 5.91 Å². The molecule has 2 aromatic carbocycles. The van der Waals surface area contributed by atoms with Crippen molar-refractivity contribution in [1.82, 2.24) is 0 Å². The molecule has 1 amide bonds. The molecule has 0 aliphatic carbocycles. The third kappa shape index (κ3) is 4.42. The van der Waals surface area contributed by atoms with Crippen LogP contribution < -0.4 is 9.64 Å². The largest absolute Gasteiger partial charge is 0.478 e. The average Bonchev–Trinajstić information content (AvgIpc) is 2.65. The van der Waals surface area contributed by atoms with Crippen LogP contribution in [0.2, 0.25) is 0 Å². The number of hydrogen-bond acceptors (Lipinski definition) is 3. The fourth-order valence-corrected chi connectivity index (χ4v) is 3.33. The van der Waals surface area contributed by atoms with E-state index < -0.39 is 12.6 Å². The average molecular weight is 375 g/mol. The summed E-state index contributed by atoms with van der Waals surface area (Å²) in [7, 11) is 0. The molecule has 0 atom stereocenters. The minimum atomic E-state index is -2.89. The summed E-state index contributed by atoms with van der Waals surface area (Å²) in [5, 5.41) is 9.24. The number of fused-ring (bicyclic) bond motifs is 1. The van der Waals surface area contributed by atoms with E-state index in [9.17, 15) is 23.5 Å². The Labute approximate surface area is 155 Å². The van der Waals surface area contributed by atoms with Crippen LogP contribution in [0.1, 0.15) is 34.3 Å². The van der Waals surface area contributed by atoms with E-state index in [-0.39, 0.29) is 23.6 Å². The van der Waals surface area contributed by atoms with Crippen molar-refractivity contribution in [2.45, 2.75) is 32.3 Å². The minimum Gasteiger partial charge on any atom is -0.478 e. The maximum Gasteiger partial charge on any atom is 0.387 e. The van der Waals surface area contributed by atoms with Gasteiger partial charge >= 0.3 is 12.6 Å². The molecular weight excluding hydrogens is 356 g/mol. The number of carbonyl (C=O) groups is 2. The molecule has 1 aliphatic rings. The van der Waals surface area contributed by atoms with Gasteiger partial charge in [-0.2, -0.15) is 8.78 Å². The van der Waals surface area contributed by atoms with Crippen LogP contribution in [0.3, 0.4) is 0 Å². The minimum absolute atomic E-state index is 0.0773. The molecule has 0 aromatic heterocycles. The highest BCUT2D eigenvalue weighted by Crippen LogP contribution is 2.31. The van der Waals surface area contributed by atoms with Crippen LogP contribution in [-0.2, 0) is 17.6 Å². The quantitative estimate of drug-likeness (QED) is 0.832. The van der Waals surface area contributed by atoms with Gasteiger partial charge in [-0.1, -0.05) is 18.2 Å². The van der Waals surface area contributed by atoms with Gasteiger partial charge in [0.25, 0.3) is 0 Å². The second-order valence-corrected chi connectivity index (χ2v) is 6.28. The molecule has 142 valence electrons. The number of aryl methyl sites for hydroxylation is 2. The third-order valence-electron chi connectivity index (χ3n) is 4.55. The first-order valence-corrected chi connectivity index (χ1v) is 8.65. The third-order valence-corrected chi connectivity index (χ3v) is 4.55. The van der Waals surface area contributed by atoms with Crippen LogP contribution in [0, 0.1) is 0 Å². The Morgan fingerprint density at radius 3 is 2.70 bits per heavy atom. The summed E-state index contributed by atoms with van der Waals surface area (Å²) >= 11 is 0. The molecule has 3 rings (SSSR count). The number of ether oxygens (including phenoxy) is 1. The Morgan fingerprint density at radius 1 is 1.19 bits per heavy atom. The summed E-state index contributed by atoms with van der Waals surface area (Å²) in [4.78, 5) is 25.6. The zero-order chi connectivity index (χ0) is 19.4. The molecule has 0 saturated carbocycles. The van der Waals surface area contributed by atoms with Crippen molar-refractivity contribution in [3.8, 4) is 5.75 Å². The summed E-state index contributed by atoms with van der Waals surface area (Å²) in [6.07, 6.45) is 1.89. The van der Waals surface area contributed by atoms with Crippen molar-refractivity contribution < 1.29 is 28.2 Å². The van der Waals surface area contributed by atoms with E-state index in [1.807, 2.05) is 0 Å². The number of carboxylic acid groups (broad SMARTS) is 1. The number of nitrogens with zero attached hydrogens (tertiary/aromatic N) is 1. The number of hydrogen-bond donors (Lipinski definition) is 1. The molecule has 0 saturated heterocycles. The fraction of sp³-hybridized carbons (Fsp3) is 0.300. The lowest BCUT2D eigenvalue weighted by Crippen LogP contribution is -2.35. The van der Waals surface area contributed by atoms with Crippen LogP contribution >= 0.6 is 0 Å². The van der Waals surface area contributed by atoms with Crippen molar-refractivity contribution in [2.75, 3.05) is 11.4 Å². The van der Waals surface area contributed by atoms with Gasteiger partial charge in [0, 0.05) is 18.7 Å². The van der Waals surface area contributed by atoms with Crippen LogP contribution in [0.25, 0.3) is 0 Å². The molecule has 7 heteroatoms. The molecule has 5 nitrogen and oxygen atoms in total. The highest BCUT2D eigenvalue weighted by Gasteiger charge is 2.23. The first-order valence-electron chi connectivity index (χ1n) is 8.65. The molecule has 0 spiro atoms. The summed E-state index contributed by atoms with van der Waals surface area (Å²) in [5.74, 6) is -1.07. The Kier molecular flexibility index (Phi) is 5.69. The number of amides is 1. The highest BCUT2D eigenvalue weighted by atomic mass is 19.3. The number of carbonyl (C=O) groups excluding carboxylic acids is 1. The normalized spacial score (nSPS) is 13.4. The lowest BCUT2D eigenvalue weighted by atomic mass is 9.99. The Morgan fingerprint density at radius 2 is 1.96 bits per heavy atom. The Bertz CT molecular complexity index is 854. The Balaban J connectivity index is 1.73. The number of alkyl halides is 2. The first kappa shape index (κ1) is 18.8. The summed E-state index contributed by atoms with van der Waals surface area (Å²) in [6.45, 7) is -2.35. The van der Waals surface area contributed by atoms with Gasteiger partial charge in [-0.05, 0) is 54.7 Å². The predicted molar refractivity (Wildman–Crippen MR) is 95.5 cm³/mol. The van der Waals surface area contributed by atoms with Crippen molar-refractivity contribution >= 4 is 17.6 Å². The monoisotopic (exact) mass is 375 g/mol. The number of aromatic carboxylic acids is 1. The zero-order valence-electron chi connectivity index (χ0n) is 14.5. The maximum absolute atomic E-state index is 12.7. The van der Waals surface area contributed by atoms with E-state index in [2.05, 4.69) is 4.74 Å². The second-order valence-electron chi connectivity index (χ2n) is 6.28. The lowest BCUT2D eigenvalue weighted by molar-refractivity contribution is -0.118.